The molecule has 1 aliphatic rings. The molecule has 104 valence electrons. The minimum absolute atomic E-state index is 0.154. The molecule has 0 saturated carbocycles. The zero-order valence-electron chi connectivity index (χ0n) is 12.3. The van der Waals surface area contributed by atoms with Gasteiger partial charge >= 0.3 is 0 Å². The summed E-state index contributed by atoms with van der Waals surface area (Å²) in [5.41, 5.74) is 3.10. The maximum atomic E-state index is 12.4. The summed E-state index contributed by atoms with van der Waals surface area (Å²) < 4.78 is 0. The number of nitrogens with zero attached hydrogens (tertiary/aromatic N) is 3. The molecule has 0 atom stereocenters. The van der Waals surface area contributed by atoms with Gasteiger partial charge in [-0.2, -0.15) is 0 Å². The first-order valence-electron chi connectivity index (χ1n) is 6.75. The van der Waals surface area contributed by atoms with Gasteiger partial charge < -0.3 is 14.7 Å². The second-order valence-corrected chi connectivity index (χ2v) is 5.49. The summed E-state index contributed by atoms with van der Waals surface area (Å²) in [6.07, 6.45) is 0. The fourth-order valence-electron chi connectivity index (χ4n) is 2.48. The number of benzene rings is 1. The lowest BCUT2D eigenvalue weighted by Gasteiger charge is -2.32. The van der Waals surface area contributed by atoms with Crippen LogP contribution in [0.5, 0.6) is 0 Å². The van der Waals surface area contributed by atoms with Gasteiger partial charge in [-0.1, -0.05) is 0 Å². The largest absolute Gasteiger partial charge is 0.377 e. The first-order valence-corrected chi connectivity index (χ1v) is 6.75. The van der Waals surface area contributed by atoms with E-state index in [0.717, 1.165) is 43.0 Å². The van der Waals surface area contributed by atoms with Crippen LogP contribution in [0.1, 0.15) is 15.9 Å². The number of piperazine rings is 1. The average molecular weight is 261 g/mol. The summed E-state index contributed by atoms with van der Waals surface area (Å²) in [5, 5.41) is 0. The molecule has 0 aliphatic carbocycles. The van der Waals surface area contributed by atoms with Gasteiger partial charge in [0.2, 0.25) is 0 Å². The molecular weight excluding hydrogens is 238 g/mol. The number of hydrogen-bond donors (Lipinski definition) is 0. The van der Waals surface area contributed by atoms with Crippen LogP contribution in [-0.2, 0) is 0 Å². The summed E-state index contributed by atoms with van der Waals surface area (Å²) in [5.74, 6) is 0.154. The lowest BCUT2D eigenvalue weighted by atomic mass is 10.1. The SMILES string of the molecule is Cc1cc(C(=O)N2CCN(C)CC2)ccc1N(C)C. The van der Waals surface area contributed by atoms with E-state index in [-0.39, 0.29) is 5.91 Å². The van der Waals surface area contributed by atoms with Crippen molar-refractivity contribution in [1.29, 1.82) is 0 Å². The Morgan fingerprint density at radius 2 is 1.79 bits per heavy atom. The van der Waals surface area contributed by atoms with Gasteiger partial charge in [0, 0.05) is 51.5 Å². The first kappa shape index (κ1) is 13.9. The van der Waals surface area contributed by atoms with Crippen LogP contribution in [0.15, 0.2) is 18.2 Å². The molecule has 1 aromatic rings. The Morgan fingerprint density at radius 1 is 1.16 bits per heavy atom. The van der Waals surface area contributed by atoms with Crippen molar-refractivity contribution >= 4 is 11.6 Å². The van der Waals surface area contributed by atoms with E-state index >= 15 is 0 Å². The van der Waals surface area contributed by atoms with E-state index in [2.05, 4.69) is 23.8 Å². The van der Waals surface area contributed by atoms with E-state index in [9.17, 15) is 4.79 Å². The number of likely N-dealkylation sites (N-methyl/N-ethyl adjacent to an activating group) is 1. The van der Waals surface area contributed by atoms with Crippen molar-refractivity contribution in [3.63, 3.8) is 0 Å². The molecule has 2 rings (SSSR count). The molecule has 1 fully saturated rings. The topological polar surface area (TPSA) is 26.8 Å². The fraction of sp³-hybridized carbons (Fsp3) is 0.533. The van der Waals surface area contributed by atoms with Gasteiger partial charge in [0.1, 0.15) is 0 Å². The number of anilines is 1. The molecule has 4 heteroatoms. The molecule has 19 heavy (non-hydrogen) atoms. The highest BCUT2D eigenvalue weighted by atomic mass is 16.2. The molecule has 1 saturated heterocycles. The molecule has 1 aliphatic heterocycles. The molecule has 0 unspecified atom stereocenters. The van der Waals surface area contributed by atoms with Crippen molar-refractivity contribution in [3.8, 4) is 0 Å². The minimum atomic E-state index is 0.154. The van der Waals surface area contributed by atoms with Gasteiger partial charge in [0.25, 0.3) is 5.91 Å². The number of carbonyl (C=O) groups is 1. The monoisotopic (exact) mass is 261 g/mol. The second-order valence-electron chi connectivity index (χ2n) is 5.49. The Morgan fingerprint density at radius 3 is 2.32 bits per heavy atom. The molecular formula is C15H23N3O. The van der Waals surface area contributed by atoms with Crippen LogP contribution in [0.2, 0.25) is 0 Å². The molecule has 4 nitrogen and oxygen atoms in total. The van der Waals surface area contributed by atoms with Crippen LogP contribution in [0.3, 0.4) is 0 Å². The Bertz CT molecular complexity index is 462. The smallest absolute Gasteiger partial charge is 0.253 e. The van der Waals surface area contributed by atoms with Gasteiger partial charge in [0.15, 0.2) is 0 Å². The van der Waals surface area contributed by atoms with Crippen molar-refractivity contribution in [2.75, 3.05) is 52.2 Å². The number of aryl methyl sites for hydroxylation is 1. The highest BCUT2D eigenvalue weighted by Gasteiger charge is 2.20. The summed E-state index contributed by atoms with van der Waals surface area (Å²) >= 11 is 0. The number of amides is 1. The van der Waals surface area contributed by atoms with Gasteiger partial charge in [-0.3, -0.25) is 4.79 Å². The van der Waals surface area contributed by atoms with Crippen molar-refractivity contribution in [1.82, 2.24) is 9.80 Å². The molecule has 0 spiro atoms. The lowest BCUT2D eigenvalue weighted by Crippen LogP contribution is -2.47. The van der Waals surface area contributed by atoms with Crippen LogP contribution < -0.4 is 4.90 Å². The van der Waals surface area contributed by atoms with Crippen molar-refractivity contribution in [2.24, 2.45) is 0 Å². The van der Waals surface area contributed by atoms with Gasteiger partial charge in [0.05, 0.1) is 0 Å². The standard InChI is InChI=1S/C15H23N3O/c1-12-11-13(5-6-14(12)16(2)3)15(19)18-9-7-17(4)8-10-18/h5-6,11H,7-10H2,1-4H3. The molecule has 0 bridgehead atoms. The predicted octanol–water partition coefficient (Wildman–Crippen LogP) is 1.45. The molecule has 1 amide bonds. The maximum Gasteiger partial charge on any atom is 0.253 e. The Kier molecular flexibility index (Phi) is 4.10. The molecule has 0 aromatic heterocycles. The normalized spacial score (nSPS) is 16.5. The van der Waals surface area contributed by atoms with Gasteiger partial charge in [-0.15, -0.1) is 0 Å². The van der Waals surface area contributed by atoms with E-state index in [1.165, 1.54) is 0 Å². The van der Waals surface area contributed by atoms with Crippen LogP contribution >= 0.6 is 0 Å². The molecule has 0 N–H and O–H groups in total. The highest BCUT2D eigenvalue weighted by molar-refractivity contribution is 5.95. The fourth-order valence-corrected chi connectivity index (χ4v) is 2.48. The minimum Gasteiger partial charge on any atom is -0.377 e. The third kappa shape index (κ3) is 3.07. The third-order valence-electron chi connectivity index (χ3n) is 3.72. The van der Waals surface area contributed by atoms with E-state index in [4.69, 9.17) is 0 Å². The number of rotatable bonds is 2. The van der Waals surface area contributed by atoms with E-state index in [0.29, 0.717) is 0 Å². The lowest BCUT2D eigenvalue weighted by molar-refractivity contribution is 0.0664. The van der Waals surface area contributed by atoms with E-state index in [1.54, 1.807) is 0 Å². The quantitative estimate of drug-likeness (QED) is 0.806. The zero-order valence-corrected chi connectivity index (χ0v) is 12.3. The van der Waals surface area contributed by atoms with Crippen molar-refractivity contribution < 1.29 is 4.79 Å². The summed E-state index contributed by atoms with van der Waals surface area (Å²) in [6.45, 7) is 5.62. The summed E-state index contributed by atoms with van der Waals surface area (Å²) in [4.78, 5) is 18.7. The van der Waals surface area contributed by atoms with Crippen molar-refractivity contribution in [2.45, 2.75) is 6.92 Å². The molecule has 1 heterocycles. The molecule has 1 aromatic carbocycles. The van der Waals surface area contributed by atoms with E-state index in [1.807, 2.05) is 37.2 Å². The first-order chi connectivity index (χ1) is 8.99. The summed E-state index contributed by atoms with van der Waals surface area (Å²) in [7, 11) is 6.13. The highest BCUT2D eigenvalue weighted by Crippen LogP contribution is 2.20. The summed E-state index contributed by atoms with van der Waals surface area (Å²) in [6, 6.07) is 5.96. The van der Waals surface area contributed by atoms with Crippen LogP contribution in [0, 0.1) is 6.92 Å². The molecule has 0 radical (unpaired) electrons. The van der Waals surface area contributed by atoms with Crippen LogP contribution in [-0.4, -0.2) is 63.0 Å². The number of hydrogen-bond acceptors (Lipinski definition) is 3. The number of carbonyl (C=O) groups excluding carboxylic acids is 1. The van der Waals surface area contributed by atoms with E-state index < -0.39 is 0 Å². The Labute approximate surface area is 115 Å². The van der Waals surface area contributed by atoms with Gasteiger partial charge in [-0.05, 0) is 37.7 Å². The zero-order chi connectivity index (χ0) is 14.0. The van der Waals surface area contributed by atoms with Crippen LogP contribution in [0.4, 0.5) is 5.69 Å². The van der Waals surface area contributed by atoms with Gasteiger partial charge in [-0.25, -0.2) is 0 Å². The average Bonchev–Trinajstić information content (AvgIpc) is 2.38. The predicted molar refractivity (Wildman–Crippen MR) is 78.9 cm³/mol. The Balaban J connectivity index is 2.13. The Hall–Kier alpha value is -1.55. The second kappa shape index (κ2) is 5.61. The van der Waals surface area contributed by atoms with Crippen molar-refractivity contribution in [3.05, 3.63) is 29.3 Å². The van der Waals surface area contributed by atoms with Crippen LogP contribution in [0.25, 0.3) is 0 Å². The third-order valence-corrected chi connectivity index (χ3v) is 3.72. The maximum absolute atomic E-state index is 12.4.